The molecule has 1 aromatic rings. The number of aromatic amines is 1. The molecule has 2 rings (SSSR count). The van der Waals surface area contributed by atoms with Crippen LogP contribution in [0.4, 0.5) is 0 Å². The molecule has 1 aliphatic carbocycles. The summed E-state index contributed by atoms with van der Waals surface area (Å²) < 4.78 is 1.64. The first-order valence-electron chi connectivity index (χ1n) is 5.71. The standard InChI is InChI=1S/C11H17N3O2/c1-12-8-4-2-3-5-9(8)14-7-6-10(15)13-11(14)16/h6-9,12H,2-5H2,1H3,(H,13,15,16). The predicted octanol–water partition coefficient (Wildman–Crippen LogP) is 0.240. The molecule has 88 valence electrons. The first kappa shape index (κ1) is 11.1. The molecule has 0 radical (unpaired) electrons. The van der Waals surface area contributed by atoms with Gasteiger partial charge in [-0.05, 0) is 19.9 Å². The molecule has 0 aliphatic heterocycles. The monoisotopic (exact) mass is 223 g/mol. The Morgan fingerprint density at radius 2 is 2.12 bits per heavy atom. The van der Waals surface area contributed by atoms with E-state index in [1.807, 2.05) is 7.05 Å². The average Bonchev–Trinajstić information content (AvgIpc) is 2.29. The maximum Gasteiger partial charge on any atom is 0.328 e. The SMILES string of the molecule is CNC1CCCCC1n1ccc(=O)[nH]c1=O. The summed E-state index contributed by atoms with van der Waals surface area (Å²) in [4.78, 5) is 25.0. The number of rotatable bonds is 2. The molecular formula is C11H17N3O2. The van der Waals surface area contributed by atoms with Crippen LogP contribution in [0.2, 0.25) is 0 Å². The van der Waals surface area contributed by atoms with E-state index in [1.165, 1.54) is 12.5 Å². The van der Waals surface area contributed by atoms with Crippen LogP contribution in [0.5, 0.6) is 0 Å². The Kier molecular flexibility index (Phi) is 3.24. The molecule has 0 aromatic carbocycles. The first-order chi connectivity index (χ1) is 7.72. The van der Waals surface area contributed by atoms with E-state index in [9.17, 15) is 9.59 Å². The number of hydrogen-bond acceptors (Lipinski definition) is 3. The smallest absolute Gasteiger partial charge is 0.315 e. The molecule has 0 spiro atoms. The summed E-state index contributed by atoms with van der Waals surface area (Å²) in [5.41, 5.74) is -0.641. The summed E-state index contributed by atoms with van der Waals surface area (Å²) in [5, 5.41) is 3.24. The second kappa shape index (κ2) is 4.65. The van der Waals surface area contributed by atoms with E-state index in [1.54, 1.807) is 10.8 Å². The van der Waals surface area contributed by atoms with E-state index in [2.05, 4.69) is 10.3 Å². The Labute approximate surface area is 93.5 Å². The molecule has 5 heteroatoms. The van der Waals surface area contributed by atoms with Crippen molar-refractivity contribution in [3.8, 4) is 0 Å². The highest BCUT2D eigenvalue weighted by Crippen LogP contribution is 2.26. The van der Waals surface area contributed by atoms with Crippen LogP contribution in [0.15, 0.2) is 21.9 Å². The third-order valence-corrected chi connectivity index (χ3v) is 3.31. The molecule has 2 atom stereocenters. The first-order valence-corrected chi connectivity index (χ1v) is 5.71. The molecule has 1 fully saturated rings. The van der Waals surface area contributed by atoms with Crippen LogP contribution >= 0.6 is 0 Å². The van der Waals surface area contributed by atoms with E-state index < -0.39 is 0 Å². The fourth-order valence-electron chi connectivity index (χ4n) is 2.47. The van der Waals surface area contributed by atoms with Crippen LogP contribution in [-0.2, 0) is 0 Å². The Morgan fingerprint density at radius 3 is 2.81 bits per heavy atom. The van der Waals surface area contributed by atoms with Gasteiger partial charge in [0.15, 0.2) is 0 Å². The second-order valence-electron chi connectivity index (χ2n) is 4.26. The zero-order chi connectivity index (χ0) is 11.5. The van der Waals surface area contributed by atoms with Gasteiger partial charge in [0.2, 0.25) is 0 Å². The minimum atomic E-state index is -0.335. The van der Waals surface area contributed by atoms with Crippen molar-refractivity contribution in [2.45, 2.75) is 37.8 Å². The lowest BCUT2D eigenvalue weighted by molar-refractivity contribution is 0.266. The highest BCUT2D eigenvalue weighted by atomic mass is 16.2. The summed E-state index contributed by atoms with van der Waals surface area (Å²) in [6, 6.07) is 1.88. The molecule has 5 nitrogen and oxygen atoms in total. The molecule has 2 unspecified atom stereocenters. The third kappa shape index (κ3) is 2.09. The van der Waals surface area contributed by atoms with Gasteiger partial charge in [-0.25, -0.2) is 4.79 Å². The van der Waals surface area contributed by atoms with Gasteiger partial charge >= 0.3 is 5.69 Å². The van der Waals surface area contributed by atoms with Gasteiger partial charge in [0, 0.05) is 18.3 Å². The number of hydrogen-bond donors (Lipinski definition) is 2. The summed E-state index contributed by atoms with van der Waals surface area (Å²) in [6.07, 6.45) is 5.99. The molecule has 1 heterocycles. The van der Waals surface area contributed by atoms with Gasteiger partial charge in [-0.3, -0.25) is 14.3 Å². The van der Waals surface area contributed by atoms with Crippen molar-refractivity contribution >= 4 is 0 Å². The molecule has 1 saturated carbocycles. The van der Waals surface area contributed by atoms with Crippen molar-refractivity contribution in [2.24, 2.45) is 0 Å². The van der Waals surface area contributed by atoms with E-state index in [-0.39, 0.29) is 17.3 Å². The van der Waals surface area contributed by atoms with Crippen molar-refractivity contribution in [1.29, 1.82) is 0 Å². The van der Waals surface area contributed by atoms with Crippen LogP contribution in [0.1, 0.15) is 31.7 Å². The molecule has 2 N–H and O–H groups in total. The minimum Gasteiger partial charge on any atom is -0.315 e. The highest BCUT2D eigenvalue weighted by Gasteiger charge is 2.25. The van der Waals surface area contributed by atoms with Crippen LogP contribution in [0, 0.1) is 0 Å². The van der Waals surface area contributed by atoms with Gasteiger partial charge in [0.25, 0.3) is 5.56 Å². The van der Waals surface area contributed by atoms with Crippen molar-refractivity contribution < 1.29 is 0 Å². The maximum absolute atomic E-state index is 11.7. The number of likely N-dealkylation sites (N-methyl/N-ethyl adjacent to an activating group) is 1. The van der Waals surface area contributed by atoms with E-state index in [0.717, 1.165) is 19.3 Å². The Morgan fingerprint density at radius 1 is 1.38 bits per heavy atom. The molecule has 1 aliphatic rings. The van der Waals surface area contributed by atoms with Crippen LogP contribution in [0.25, 0.3) is 0 Å². The van der Waals surface area contributed by atoms with E-state index in [0.29, 0.717) is 6.04 Å². The topological polar surface area (TPSA) is 66.9 Å². The summed E-state index contributed by atoms with van der Waals surface area (Å²) >= 11 is 0. The molecule has 0 bridgehead atoms. The summed E-state index contributed by atoms with van der Waals surface area (Å²) in [6.45, 7) is 0. The summed E-state index contributed by atoms with van der Waals surface area (Å²) in [5.74, 6) is 0. The van der Waals surface area contributed by atoms with Crippen molar-refractivity contribution in [1.82, 2.24) is 14.9 Å². The second-order valence-corrected chi connectivity index (χ2v) is 4.26. The maximum atomic E-state index is 11.7. The highest BCUT2D eigenvalue weighted by molar-refractivity contribution is 4.91. The van der Waals surface area contributed by atoms with Crippen molar-refractivity contribution in [3.63, 3.8) is 0 Å². The van der Waals surface area contributed by atoms with Gasteiger partial charge in [-0.1, -0.05) is 12.8 Å². The lowest BCUT2D eigenvalue weighted by atomic mass is 9.90. The zero-order valence-electron chi connectivity index (χ0n) is 9.40. The Bertz CT molecular complexity index is 463. The Balaban J connectivity index is 2.34. The zero-order valence-corrected chi connectivity index (χ0v) is 9.40. The number of H-pyrrole nitrogens is 1. The molecular weight excluding hydrogens is 206 g/mol. The lowest BCUT2D eigenvalue weighted by Crippen LogP contribution is -2.43. The van der Waals surface area contributed by atoms with Crippen LogP contribution in [-0.4, -0.2) is 22.6 Å². The van der Waals surface area contributed by atoms with Gasteiger partial charge in [-0.15, -0.1) is 0 Å². The van der Waals surface area contributed by atoms with Gasteiger partial charge in [0.05, 0.1) is 6.04 Å². The number of nitrogens with one attached hydrogen (secondary N) is 2. The molecule has 16 heavy (non-hydrogen) atoms. The normalized spacial score (nSPS) is 25.6. The molecule has 1 aromatic heterocycles. The van der Waals surface area contributed by atoms with Gasteiger partial charge in [0.1, 0.15) is 0 Å². The van der Waals surface area contributed by atoms with Crippen LogP contribution in [0.3, 0.4) is 0 Å². The third-order valence-electron chi connectivity index (χ3n) is 3.31. The van der Waals surface area contributed by atoms with E-state index in [4.69, 9.17) is 0 Å². The number of nitrogens with zero attached hydrogens (tertiary/aromatic N) is 1. The van der Waals surface area contributed by atoms with E-state index >= 15 is 0 Å². The molecule has 0 saturated heterocycles. The fourth-order valence-corrected chi connectivity index (χ4v) is 2.47. The van der Waals surface area contributed by atoms with Crippen molar-refractivity contribution in [3.05, 3.63) is 33.1 Å². The summed E-state index contributed by atoms with van der Waals surface area (Å²) in [7, 11) is 1.92. The largest absolute Gasteiger partial charge is 0.328 e. The molecule has 0 amide bonds. The van der Waals surface area contributed by atoms with Crippen LogP contribution < -0.4 is 16.6 Å². The predicted molar refractivity (Wildman–Crippen MR) is 61.7 cm³/mol. The van der Waals surface area contributed by atoms with Gasteiger partial charge in [-0.2, -0.15) is 0 Å². The van der Waals surface area contributed by atoms with Crippen molar-refractivity contribution in [2.75, 3.05) is 7.05 Å². The fraction of sp³-hybridized carbons (Fsp3) is 0.636. The Hall–Kier alpha value is -1.36. The lowest BCUT2D eigenvalue weighted by Gasteiger charge is -2.32. The number of aromatic nitrogens is 2. The van der Waals surface area contributed by atoms with Gasteiger partial charge < -0.3 is 5.32 Å². The quantitative estimate of drug-likeness (QED) is 0.754. The average molecular weight is 223 g/mol. The minimum absolute atomic E-state index is 0.156.